The zero-order chi connectivity index (χ0) is 17.8. The van der Waals surface area contributed by atoms with Crippen LogP contribution in [0, 0.1) is 0 Å². The molecule has 1 aromatic rings. The maximum absolute atomic E-state index is 10.1. The van der Waals surface area contributed by atoms with Crippen molar-refractivity contribution in [3.8, 4) is 0 Å². The van der Waals surface area contributed by atoms with Gasteiger partial charge in [0.25, 0.3) is 0 Å². The van der Waals surface area contributed by atoms with E-state index in [0.717, 1.165) is 5.56 Å². The van der Waals surface area contributed by atoms with E-state index in [-0.39, 0.29) is 5.04 Å². The summed E-state index contributed by atoms with van der Waals surface area (Å²) in [5.41, 5.74) is 1.09. The molecular weight excluding hydrogens is 320 g/mol. The van der Waals surface area contributed by atoms with Crippen molar-refractivity contribution in [2.75, 3.05) is 6.61 Å². The topological polar surface area (TPSA) is 47.9 Å². The fraction of sp³-hybridized carbons (Fsp3) is 0.579. The lowest BCUT2D eigenvalue weighted by Crippen LogP contribution is -2.46. The molecule has 0 aliphatic carbocycles. The van der Waals surface area contributed by atoms with Crippen molar-refractivity contribution in [3.63, 3.8) is 0 Å². The van der Waals surface area contributed by atoms with Gasteiger partial charge in [0.05, 0.1) is 13.2 Å². The Balaban J connectivity index is 1.87. The Morgan fingerprint density at radius 3 is 2.42 bits per heavy atom. The molecule has 0 aromatic heterocycles. The summed E-state index contributed by atoms with van der Waals surface area (Å²) in [5.74, 6) is 0. The monoisotopic (exact) mass is 350 g/mol. The molecule has 4 nitrogen and oxygen atoms in total. The van der Waals surface area contributed by atoms with Crippen molar-refractivity contribution in [1.82, 2.24) is 0 Å². The second-order valence-electron chi connectivity index (χ2n) is 7.79. The molecule has 1 heterocycles. The molecule has 1 aliphatic rings. The fourth-order valence-corrected chi connectivity index (χ4v) is 3.13. The summed E-state index contributed by atoms with van der Waals surface area (Å²) in [6.45, 7) is 11.8. The van der Waals surface area contributed by atoms with E-state index in [0.29, 0.717) is 13.2 Å². The Morgan fingerprint density at radius 1 is 1.12 bits per heavy atom. The Kier molecular flexibility index (Phi) is 6.39. The molecule has 0 radical (unpaired) electrons. The predicted molar refractivity (Wildman–Crippen MR) is 98.2 cm³/mol. The van der Waals surface area contributed by atoms with Gasteiger partial charge in [0.1, 0.15) is 12.2 Å². The number of benzene rings is 1. The van der Waals surface area contributed by atoms with E-state index >= 15 is 0 Å². The highest BCUT2D eigenvalue weighted by Crippen LogP contribution is 2.36. The summed E-state index contributed by atoms with van der Waals surface area (Å²) < 4.78 is 17.8. The fourth-order valence-electron chi connectivity index (χ4n) is 2.12. The van der Waals surface area contributed by atoms with Gasteiger partial charge < -0.3 is 19.0 Å². The number of rotatable bonds is 6. The van der Waals surface area contributed by atoms with E-state index in [1.165, 1.54) is 0 Å². The first kappa shape index (κ1) is 19.3. The summed E-state index contributed by atoms with van der Waals surface area (Å²) in [6, 6.07) is 9.97. The van der Waals surface area contributed by atoms with Crippen LogP contribution in [0.4, 0.5) is 0 Å². The van der Waals surface area contributed by atoms with Crippen LogP contribution < -0.4 is 0 Å². The quantitative estimate of drug-likeness (QED) is 0.625. The third kappa shape index (κ3) is 5.26. The molecule has 3 atom stereocenters. The SMILES string of the molecule is CC(C)(C)[Si](C)(C)OC[C@@H]1O[C@@H](OCc2ccccc2)C=C[C@H]1O. The highest BCUT2D eigenvalue weighted by Gasteiger charge is 2.38. The van der Waals surface area contributed by atoms with Gasteiger partial charge in [0.15, 0.2) is 14.6 Å². The van der Waals surface area contributed by atoms with Crippen molar-refractivity contribution in [3.05, 3.63) is 48.0 Å². The van der Waals surface area contributed by atoms with E-state index in [4.69, 9.17) is 13.9 Å². The van der Waals surface area contributed by atoms with Gasteiger partial charge in [-0.05, 0) is 29.8 Å². The first-order chi connectivity index (χ1) is 11.2. The predicted octanol–water partition coefficient (Wildman–Crippen LogP) is 3.87. The molecule has 0 saturated carbocycles. The summed E-state index contributed by atoms with van der Waals surface area (Å²) in [7, 11) is -1.87. The highest BCUT2D eigenvalue weighted by molar-refractivity contribution is 6.74. The van der Waals surface area contributed by atoms with Crippen LogP contribution in [0.2, 0.25) is 18.1 Å². The van der Waals surface area contributed by atoms with E-state index in [9.17, 15) is 5.11 Å². The molecule has 0 bridgehead atoms. The highest BCUT2D eigenvalue weighted by atomic mass is 28.4. The van der Waals surface area contributed by atoms with Gasteiger partial charge in [-0.15, -0.1) is 0 Å². The summed E-state index contributed by atoms with van der Waals surface area (Å²) in [5, 5.41) is 10.3. The van der Waals surface area contributed by atoms with Crippen LogP contribution in [0.15, 0.2) is 42.5 Å². The van der Waals surface area contributed by atoms with Gasteiger partial charge in [0.2, 0.25) is 0 Å². The van der Waals surface area contributed by atoms with E-state index in [1.807, 2.05) is 30.3 Å². The number of aliphatic hydroxyl groups excluding tert-OH is 1. The average Bonchev–Trinajstić information content (AvgIpc) is 2.53. The molecule has 2 rings (SSSR count). The Labute approximate surface area is 146 Å². The second-order valence-corrected chi connectivity index (χ2v) is 12.6. The van der Waals surface area contributed by atoms with Gasteiger partial charge in [-0.2, -0.15) is 0 Å². The van der Waals surface area contributed by atoms with Crippen LogP contribution >= 0.6 is 0 Å². The lowest BCUT2D eigenvalue weighted by molar-refractivity contribution is -0.183. The Bertz CT molecular complexity index is 536. The van der Waals surface area contributed by atoms with Crippen LogP contribution in [0.5, 0.6) is 0 Å². The molecule has 0 amide bonds. The zero-order valence-electron chi connectivity index (χ0n) is 15.4. The van der Waals surface area contributed by atoms with Crippen molar-refractivity contribution in [2.45, 2.75) is 64.0 Å². The third-order valence-corrected chi connectivity index (χ3v) is 9.33. The van der Waals surface area contributed by atoms with E-state index in [1.54, 1.807) is 12.2 Å². The van der Waals surface area contributed by atoms with Crippen LogP contribution in [-0.4, -0.2) is 38.5 Å². The molecule has 0 unspecified atom stereocenters. The molecule has 0 spiro atoms. The number of hydrogen-bond donors (Lipinski definition) is 1. The maximum Gasteiger partial charge on any atom is 0.192 e. The normalized spacial score (nSPS) is 25.0. The van der Waals surface area contributed by atoms with Gasteiger partial charge >= 0.3 is 0 Å². The van der Waals surface area contributed by atoms with Crippen molar-refractivity contribution < 1.29 is 19.0 Å². The molecule has 134 valence electrons. The van der Waals surface area contributed by atoms with Crippen LogP contribution in [0.1, 0.15) is 26.3 Å². The van der Waals surface area contributed by atoms with Gasteiger partial charge in [0, 0.05) is 0 Å². The third-order valence-electron chi connectivity index (χ3n) is 4.83. The maximum atomic E-state index is 10.1. The van der Waals surface area contributed by atoms with E-state index < -0.39 is 26.8 Å². The molecular formula is C19H30O4Si. The molecule has 1 N–H and O–H groups in total. The van der Waals surface area contributed by atoms with Crippen LogP contribution in [0.3, 0.4) is 0 Å². The Morgan fingerprint density at radius 2 is 1.79 bits per heavy atom. The largest absolute Gasteiger partial charge is 0.414 e. The first-order valence-electron chi connectivity index (χ1n) is 8.50. The number of hydrogen-bond acceptors (Lipinski definition) is 4. The van der Waals surface area contributed by atoms with Crippen LogP contribution in [-0.2, 0) is 20.5 Å². The lowest BCUT2D eigenvalue weighted by atomic mass is 10.1. The van der Waals surface area contributed by atoms with Crippen LogP contribution in [0.25, 0.3) is 0 Å². The van der Waals surface area contributed by atoms with Gasteiger partial charge in [-0.25, -0.2) is 0 Å². The molecule has 24 heavy (non-hydrogen) atoms. The van der Waals surface area contributed by atoms with Gasteiger partial charge in [-0.3, -0.25) is 0 Å². The molecule has 1 aliphatic heterocycles. The van der Waals surface area contributed by atoms with Crippen molar-refractivity contribution in [2.24, 2.45) is 0 Å². The minimum atomic E-state index is -1.87. The second kappa shape index (κ2) is 7.93. The standard InChI is InChI=1S/C19H30O4Si/c1-19(2,3)24(4,5)22-14-17-16(20)11-12-18(23-17)21-13-15-9-7-6-8-10-15/h6-12,16-18,20H,13-14H2,1-5H3/t16-,17+,18-/m1/s1. The number of ether oxygens (including phenoxy) is 2. The molecule has 5 heteroatoms. The molecule has 0 saturated heterocycles. The Hall–Kier alpha value is -0.983. The zero-order valence-corrected chi connectivity index (χ0v) is 16.4. The number of aliphatic hydroxyl groups is 1. The average molecular weight is 351 g/mol. The minimum absolute atomic E-state index is 0.131. The van der Waals surface area contributed by atoms with Crippen molar-refractivity contribution in [1.29, 1.82) is 0 Å². The summed E-state index contributed by atoms with van der Waals surface area (Å²) in [6.07, 6.45) is 1.98. The van der Waals surface area contributed by atoms with Crippen molar-refractivity contribution >= 4 is 8.32 Å². The minimum Gasteiger partial charge on any atom is -0.414 e. The summed E-state index contributed by atoms with van der Waals surface area (Å²) in [4.78, 5) is 0. The summed E-state index contributed by atoms with van der Waals surface area (Å²) >= 11 is 0. The molecule has 1 aromatic carbocycles. The first-order valence-corrected chi connectivity index (χ1v) is 11.4. The lowest BCUT2D eigenvalue weighted by Gasteiger charge is -2.38. The van der Waals surface area contributed by atoms with E-state index in [2.05, 4.69) is 33.9 Å². The smallest absolute Gasteiger partial charge is 0.192 e. The molecule has 0 fully saturated rings. The van der Waals surface area contributed by atoms with Gasteiger partial charge in [-0.1, -0.05) is 57.2 Å².